The third-order valence-corrected chi connectivity index (χ3v) is 3.82. The summed E-state index contributed by atoms with van der Waals surface area (Å²) in [4.78, 5) is 0. The van der Waals surface area contributed by atoms with Gasteiger partial charge in [0.2, 0.25) is 0 Å². The van der Waals surface area contributed by atoms with Crippen molar-refractivity contribution in [2.75, 3.05) is 26.2 Å². The average molecular weight is 391 g/mol. The molecule has 2 heterocycles. The molecule has 1 aromatic carbocycles. The molecule has 1 aromatic rings. The fraction of sp³-hybridized carbons (Fsp3) is 0.471. The molecule has 121 valence electrons. The Balaban J connectivity index is 0.000000377. The van der Waals surface area contributed by atoms with E-state index in [-0.39, 0.29) is 38.5 Å². The number of hydrogen-bond acceptors (Lipinski definition) is 3. The van der Waals surface area contributed by atoms with Crippen LogP contribution < -0.4 is 0 Å². The molecule has 2 fully saturated rings. The Morgan fingerprint density at radius 3 is 2.13 bits per heavy atom. The van der Waals surface area contributed by atoms with E-state index in [1.807, 2.05) is 0 Å². The van der Waals surface area contributed by atoms with Crippen LogP contribution in [0.25, 0.3) is 10.9 Å². The summed E-state index contributed by atoms with van der Waals surface area (Å²) in [5.41, 5.74) is 2.39. The predicted octanol–water partition coefficient (Wildman–Crippen LogP) is 3.74. The van der Waals surface area contributed by atoms with Gasteiger partial charge in [0.05, 0.1) is 11.6 Å². The fourth-order valence-electron chi connectivity index (χ4n) is 2.54. The van der Waals surface area contributed by atoms with Crippen molar-refractivity contribution in [3.05, 3.63) is 46.5 Å². The van der Waals surface area contributed by atoms with E-state index in [2.05, 4.69) is 11.4 Å². The van der Waals surface area contributed by atoms with E-state index in [1.165, 1.54) is 30.0 Å². The Hall–Kier alpha value is -0.636. The minimum absolute atomic E-state index is 0. The largest absolute Gasteiger partial charge is 0.662 e. The number of hydrogen-bond donors (Lipinski definition) is 1. The topological polar surface area (TPSA) is 61.4 Å². The van der Waals surface area contributed by atoms with Crippen molar-refractivity contribution in [3.63, 3.8) is 0 Å². The molecule has 1 N–H and O–H groups in total. The zero-order valence-electron chi connectivity index (χ0n) is 13.2. The van der Waals surface area contributed by atoms with Gasteiger partial charge in [-0.3, -0.25) is 0 Å². The molecule has 0 bridgehead atoms. The summed E-state index contributed by atoms with van der Waals surface area (Å²) in [7, 11) is 0. The van der Waals surface area contributed by atoms with E-state index in [4.69, 9.17) is 0 Å². The van der Waals surface area contributed by atoms with Gasteiger partial charge < -0.3 is 10.5 Å². The Bertz CT molecular complexity index is 532. The monoisotopic (exact) mass is 391 g/mol. The van der Waals surface area contributed by atoms with E-state index >= 15 is 0 Å². The van der Waals surface area contributed by atoms with Gasteiger partial charge in [-0.1, -0.05) is 25.0 Å². The second-order valence-corrected chi connectivity index (χ2v) is 5.43. The average Bonchev–Trinajstić information content (AvgIpc) is 3.11. The SMILES string of the molecule is C1CC[N-]C1.N#CC(=C1CCN(O)CC1)c1ccc(F)cc1.[Y]. The maximum absolute atomic E-state index is 12.8. The van der Waals surface area contributed by atoms with Crippen LogP contribution in [0.15, 0.2) is 29.8 Å². The third-order valence-electron chi connectivity index (χ3n) is 3.82. The molecule has 2 aliphatic heterocycles. The molecular weight excluding hydrogens is 370 g/mol. The van der Waals surface area contributed by atoms with Gasteiger partial charge in [0.1, 0.15) is 5.82 Å². The van der Waals surface area contributed by atoms with Gasteiger partial charge in [-0.15, -0.1) is 13.1 Å². The summed E-state index contributed by atoms with van der Waals surface area (Å²) in [5, 5.41) is 23.8. The zero-order valence-corrected chi connectivity index (χ0v) is 16.0. The molecule has 1 radical (unpaired) electrons. The van der Waals surface area contributed by atoms with Crippen molar-refractivity contribution in [3.8, 4) is 6.07 Å². The van der Waals surface area contributed by atoms with Crippen molar-refractivity contribution >= 4 is 5.57 Å². The molecule has 23 heavy (non-hydrogen) atoms. The number of piperidine rings is 1. The number of benzene rings is 1. The number of nitriles is 1. The van der Waals surface area contributed by atoms with Crippen LogP contribution in [0, 0.1) is 17.1 Å². The molecule has 6 heteroatoms. The van der Waals surface area contributed by atoms with E-state index in [9.17, 15) is 14.9 Å². The summed E-state index contributed by atoms with van der Waals surface area (Å²) in [6.45, 7) is 3.34. The summed E-state index contributed by atoms with van der Waals surface area (Å²) in [6, 6.07) is 8.13. The van der Waals surface area contributed by atoms with Crippen molar-refractivity contribution in [2.45, 2.75) is 25.7 Å². The van der Waals surface area contributed by atoms with Crippen molar-refractivity contribution in [1.82, 2.24) is 5.06 Å². The maximum Gasteiger partial charge on any atom is 0.123 e. The van der Waals surface area contributed by atoms with Crippen LogP contribution in [0.3, 0.4) is 0 Å². The Kier molecular flexibility index (Phi) is 9.77. The quantitative estimate of drug-likeness (QED) is 0.742. The molecule has 2 saturated heterocycles. The molecule has 0 atom stereocenters. The van der Waals surface area contributed by atoms with Gasteiger partial charge in [-0.05, 0) is 36.1 Å². The smallest absolute Gasteiger partial charge is 0.123 e. The van der Waals surface area contributed by atoms with Crippen LogP contribution in [0.4, 0.5) is 4.39 Å². The van der Waals surface area contributed by atoms with Crippen LogP contribution in [0.2, 0.25) is 0 Å². The van der Waals surface area contributed by atoms with Crippen molar-refractivity contribution in [1.29, 1.82) is 5.26 Å². The number of allylic oxidation sites excluding steroid dienone is 1. The molecule has 0 saturated carbocycles. The summed E-state index contributed by atoms with van der Waals surface area (Å²) >= 11 is 0. The maximum atomic E-state index is 12.8. The summed E-state index contributed by atoms with van der Waals surface area (Å²) in [6.07, 6.45) is 4.02. The second-order valence-electron chi connectivity index (χ2n) is 5.43. The van der Waals surface area contributed by atoms with E-state index in [1.54, 1.807) is 12.1 Å². The first-order valence-electron chi connectivity index (χ1n) is 7.66. The third kappa shape index (κ3) is 6.78. The van der Waals surface area contributed by atoms with Gasteiger partial charge in [-0.25, -0.2) is 4.39 Å². The molecule has 3 rings (SSSR count). The van der Waals surface area contributed by atoms with E-state index < -0.39 is 0 Å². The first-order chi connectivity index (χ1) is 10.7. The van der Waals surface area contributed by atoms with Gasteiger partial charge in [0.25, 0.3) is 0 Å². The van der Waals surface area contributed by atoms with Crippen LogP contribution in [0.5, 0.6) is 0 Å². The number of nitrogens with zero attached hydrogens (tertiary/aromatic N) is 3. The fourth-order valence-corrected chi connectivity index (χ4v) is 2.54. The Labute approximate surface area is 162 Å². The Morgan fingerprint density at radius 2 is 1.70 bits per heavy atom. The first kappa shape index (κ1) is 20.4. The minimum Gasteiger partial charge on any atom is -0.662 e. The van der Waals surface area contributed by atoms with Gasteiger partial charge >= 0.3 is 0 Å². The molecule has 0 spiro atoms. The molecular formula is C17H21FN3OY-. The van der Waals surface area contributed by atoms with Crippen LogP contribution >= 0.6 is 0 Å². The second kappa shape index (κ2) is 11.0. The van der Waals surface area contributed by atoms with Crippen molar-refractivity contribution < 1.29 is 42.3 Å². The van der Waals surface area contributed by atoms with Gasteiger partial charge in [0.15, 0.2) is 0 Å². The molecule has 0 aromatic heterocycles. The van der Waals surface area contributed by atoms with Gasteiger partial charge in [0, 0.05) is 45.8 Å². The molecule has 4 nitrogen and oxygen atoms in total. The van der Waals surface area contributed by atoms with E-state index in [0.29, 0.717) is 31.5 Å². The molecule has 2 aliphatic rings. The standard InChI is InChI=1S/C13H13FN2O.C4H8N.Y/c14-12-3-1-10(2-4-12)13(9-15)11-5-7-16(17)8-6-11;1-2-4-5-3-1;/h1-4,17H,5-8H2;1-4H2;/q;-1;. The summed E-state index contributed by atoms with van der Waals surface area (Å²) in [5.74, 6) is -0.304. The van der Waals surface area contributed by atoms with Gasteiger partial charge in [-0.2, -0.15) is 10.3 Å². The normalized spacial score (nSPS) is 17.5. The molecule has 0 aliphatic carbocycles. The summed E-state index contributed by atoms with van der Waals surface area (Å²) < 4.78 is 12.8. The van der Waals surface area contributed by atoms with Crippen LogP contribution in [-0.4, -0.2) is 36.4 Å². The number of rotatable bonds is 1. The molecule has 0 unspecified atom stereocenters. The first-order valence-corrected chi connectivity index (χ1v) is 7.66. The number of halogens is 1. The van der Waals surface area contributed by atoms with Crippen molar-refractivity contribution in [2.24, 2.45) is 0 Å². The van der Waals surface area contributed by atoms with Crippen LogP contribution in [0.1, 0.15) is 31.2 Å². The van der Waals surface area contributed by atoms with Crippen LogP contribution in [-0.2, 0) is 32.7 Å². The minimum atomic E-state index is -0.304. The number of hydroxylamine groups is 2. The zero-order chi connectivity index (χ0) is 15.8. The Morgan fingerprint density at radius 1 is 1.13 bits per heavy atom. The van der Waals surface area contributed by atoms with E-state index in [0.717, 1.165) is 24.2 Å². The predicted molar refractivity (Wildman–Crippen MR) is 83.9 cm³/mol. The molecule has 0 amide bonds.